The van der Waals surface area contributed by atoms with E-state index >= 15 is 0 Å². The topological polar surface area (TPSA) is 107 Å². The van der Waals surface area contributed by atoms with Crippen LogP contribution in [0.3, 0.4) is 0 Å². The third-order valence-corrected chi connectivity index (χ3v) is 8.06. The van der Waals surface area contributed by atoms with Gasteiger partial charge in [0.25, 0.3) is 0 Å². The van der Waals surface area contributed by atoms with E-state index in [9.17, 15) is 14.4 Å². The molecule has 2 aliphatic heterocycles. The van der Waals surface area contributed by atoms with E-state index in [0.29, 0.717) is 19.3 Å². The van der Waals surface area contributed by atoms with Crippen molar-refractivity contribution in [3.63, 3.8) is 0 Å². The van der Waals surface area contributed by atoms with Gasteiger partial charge in [-0.3, -0.25) is 4.79 Å². The molecule has 3 atom stereocenters. The molecule has 0 saturated carbocycles. The summed E-state index contributed by atoms with van der Waals surface area (Å²) in [6.07, 6.45) is 6.74. The number of hydrogen-bond acceptors (Lipinski definition) is 7. The molecule has 3 heterocycles. The number of rotatable bonds is 9. The number of nitrogens with zero attached hydrogens (tertiary/aromatic N) is 2. The number of aryl methyl sites for hydroxylation is 3. The number of carbonyl (C=O) groups excluding carboxylic acids is 3. The number of allylic oxidation sites excluding steroid dienone is 1. The minimum absolute atomic E-state index is 0.208. The molecule has 228 valence electrons. The number of methoxy groups -OCH3 is 1. The van der Waals surface area contributed by atoms with Gasteiger partial charge in [0.05, 0.1) is 24.9 Å². The number of amides is 2. The van der Waals surface area contributed by atoms with Crippen molar-refractivity contribution >= 4 is 28.9 Å². The molecule has 2 aromatic rings. The van der Waals surface area contributed by atoms with Crippen LogP contribution in [0.1, 0.15) is 82.5 Å². The number of esters is 1. The lowest BCUT2D eigenvalue weighted by Crippen LogP contribution is -2.53. The van der Waals surface area contributed by atoms with E-state index in [1.54, 1.807) is 20.8 Å². The van der Waals surface area contributed by atoms with E-state index in [2.05, 4.69) is 31.0 Å². The van der Waals surface area contributed by atoms with Crippen LogP contribution in [-0.4, -0.2) is 64.8 Å². The Hall–Kier alpha value is -3.62. The van der Waals surface area contributed by atoms with E-state index in [1.807, 2.05) is 19.1 Å². The highest BCUT2D eigenvalue weighted by Gasteiger charge is 2.53. The summed E-state index contributed by atoms with van der Waals surface area (Å²) in [5.41, 5.74) is 2.47. The monoisotopic (exact) mass is 579 g/mol. The Morgan fingerprint density at radius 3 is 2.69 bits per heavy atom. The number of ether oxygens (including phenoxy) is 3. The molecule has 1 fully saturated rings. The van der Waals surface area contributed by atoms with Crippen LogP contribution in [0.25, 0.3) is 10.9 Å². The van der Waals surface area contributed by atoms with Crippen LogP contribution in [0.2, 0.25) is 0 Å². The molecule has 0 radical (unpaired) electrons. The Labute approximate surface area is 249 Å². The van der Waals surface area contributed by atoms with Gasteiger partial charge in [0.2, 0.25) is 5.91 Å². The number of alkyl carbamates (subject to hydrolysis) is 1. The van der Waals surface area contributed by atoms with Gasteiger partial charge >= 0.3 is 12.1 Å². The first-order valence-electron chi connectivity index (χ1n) is 14.9. The number of nitrogens with one attached hydrogen (secondary N) is 1. The quantitative estimate of drug-likeness (QED) is 0.230. The minimum atomic E-state index is -0.850. The number of unbranched alkanes of at least 4 members (excludes halogenated alkanes) is 3. The lowest BCUT2D eigenvalue weighted by Gasteiger charge is -2.36. The molecular formula is C33H45N3O6. The molecule has 1 spiro atoms. The Balaban J connectivity index is 1.61. The lowest BCUT2D eigenvalue weighted by atomic mass is 9.87. The highest BCUT2D eigenvalue weighted by atomic mass is 16.6. The standard InChI is InChI=1S/C33H45N3O6/c1-8-9-10-11-12-13-26(35-31(39)42-32(4,5)6)29(37)36-20-33(19-27(36)30(38)40-7)17-16-23-24-18-21(2)14-15-25(24)34-22(3)28(23)41-33/h8,14-15,18,26-27H,1,9-13,16-17,19-20H2,2-7H3,(H,35,39)/t26?,27-,33+/m0/s1. The molecule has 2 amide bonds. The summed E-state index contributed by atoms with van der Waals surface area (Å²) in [6, 6.07) is 4.53. The van der Waals surface area contributed by atoms with E-state index in [1.165, 1.54) is 12.0 Å². The molecule has 1 unspecified atom stereocenters. The number of aromatic nitrogens is 1. The van der Waals surface area contributed by atoms with Crippen molar-refractivity contribution in [2.45, 2.75) is 109 Å². The zero-order chi connectivity index (χ0) is 30.7. The van der Waals surface area contributed by atoms with Crippen LogP contribution in [-0.2, 0) is 25.5 Å². The van der Waals surface area contributed by atoms with Gasteiger partial charge in [-0.15, -0.1) is 6.58 Å². The molecule has 1 aromatic heterocycles. The van der Waals surface area contributed by atoms with Crippen LogP contribution in [0.4, 0.5) is 4.79 Å². The summed E-state index contributed by atoms with van der Waals surface area (Å²) in [4.78, 5) is 46.2. The van der Waals surface area contributed by atoms with Crippen LogP contribution in [0.15, 0.2) is 30.9 Å². The highest BCUT2D eigenvalue weighted by molar-refractivity contribution is 5.91. The molecule has 9 heteroatoms. The first kappa shape index (κ1) is 31.3. The third kappa shape index (κ3) is 7.05. The minimum Gasteiger partial charge on any atom is -0.483 e. The zero-order valence-corrected chi connectivity index (χ0v) is 25.9. The highest BCUT2D eigenvalue weighted by Crippen LogP contribution is 2.44. The van der Waals surface area contributed by atoms with E-state index in [0.717, 1.165) is 65.6 Å². The number of hydrogen-bond donors (Lipinski definition) is 1. The smallest absolute Gasteiger partial charge is 0.408 e. The number of carbonyl (C=O) groups is 3. The molecule has 1 aromatic carbocycles. The summed E-state index contributed by atoms with van der Waals surface area (Å²) in [5.74, 6) is -0.112. The van der Waals surface area contributed by atoms with Crippen molar-refractivity contribution in [2.24, 2.45) is 0 Å². The number of fused-ring (bicyclic) bond motifs is 3. The van der Waals surface area contributed by atoms with Crippen LogP contribution >= 0.6 is 0 Å². The normalized spacial score (nSPS) is 20.5. The molecule has 0 bridgehead atoms. The van der Waals surface area contributed by atoms with Crippen molar-refractivity contribution < 1.29 is 28.6 Å². The molecule has 9 nitrogen and oxygen atoms in total. The maximum Gasteiger partial charge on any atom is 0.408 e. The van der Waals surface area contributed by atoms with Crippen molar-refractivity contribution in [1.82, 2.24) is 15.2 Å². The molecule has 4 rings (SSSR count). The fraction of sp³-hybridized carbons (Fsp3) is 0.576. The Morgan fingerprint density at radius 2 is 2.00 bits per heavy atom. The molecular weight excluding hydrogens is 534 g/mol. The molecule has 42 heavy (non-hydrogen) atoms. The van der Waals surface area contributed by atoms with E-state index in [4.69, 9.17) is 19.2 Å². The van der Waals surface area contributed by atoms with Gasteiger partial charge in [-0.25, -0.2) is 14.6 Å². The van der Waals surface area contributed by atoms with Crippen molar-refractivity contribution in [3.8, 4) is 5.75 Å². The fourth-order valence-electron chi connectivity index (χ4n) is 6.07. The second-order valence-electron chi connectivity index (χ2n) is 12.6. The summed E-state index contributed by atoms with van der Waals surface area (Å²) in [5, 5.41) is 3.85. The second-order valence-corrected chi connectivity index (χ2v) is 12.6. The Kier molecular flexibility index (Phi) is 9.48. The predicted octanol–water partition coefficient (Wildman–Crippen LogP) is 5.72. The summed E-state index contributed by atoms with van der Waals surface area (Å²) in [7, 11) is 1.32. The van der Waals surface area contributed by atoms with Gasteiger partial charge in [-0.2, -0.15) is 0 Å². The van der Waals surface area contributed by atoms with Crippen LogP contribution in [0, 0.1) is 13.8 Å². The van der Waals surface area contributed by atoms with E-state index in [-0.39, 0.29) is 12.5 Å². The Morgan fingerprint density at radius 1 is 1.24 bits per heavy atom. The molecule has 1 saturated heterocycles. The van der Waals surface area contributed by atoms with Crippen molar-refractivity contribution in [1.29, 1.82) is 0 Å². The average Bonchev–Trinajstić information content (AvgIpc) is 3.29. The maximum atomic E-state index is 14.1. The first-order chi connectivity index (χ1) is 19.9. The predicted molar refractivity (Wildman–Crippen MR) is 161 cm³/mol. The third-order valence-electron chi connectivity index (χ3n) is 8.06. The maximum absolute atomic E-state index is 14.1. The average molecular weight is 580 g/mol. The SMILES string of the molecule is C=CCCCCCC(NC(=O)OC(C)(C)C)C(=O)N1C[C@@]2(CCc3c(c(C)nc4ccc(C)cc34)O2)C[C@H]1C(=O)OC. The second kappa shape index (κ2) is 12.7. The summed E-state index contributed by atoms with van der Waals surface area (Å²) < 4.78 is 17.3. The van der Waals surface area contributed by atoms with Gasteiger partial charge in [-0.05, 0) is 78.9 Å². The number of benzene rings is 1. The lowest BCUT2D eigenvalue weighted by molar-refractivity contribution is -0.151. The van der Waals surface area contributed by atoms with E-state index < -0.39 is 35.3 Å². The summed E-state index contributed by atoms with van der Waals surface area (Å²) >= 11 is 0. The van der Waals surface area contributed by atoms with Gasteiger partial charge in [0, 0.05) is 17.4 Å². The zero-order valence-electron chi connectivity index (χ0n) is 25.9. The number of pyridine rings is 1. The van der Waals surface area contributed by atoms with Crippen molar-refractivity contribution in [2.75, 3.05) is 13.7 Å². The molecule has 0 aliphatic carbocycles. The fourth-order valence-corrected chi connectivity index (χ4v) is 6.07. The van der Waals surface area contributed by atoms with Gasteiger partial charge in [0.15, 0.2) is 0 Å². The van der Waals surface area contributed by atoms with Crippen molar-refractivity contribution in [3.05, 3.63) is 47.7 Å². The van der Waals surface area contributed by atoms with Gasteiger partial charge in [0.1, 0.15) is 29.0 Å². The molecule has 2 aliphatic rings. The molecule has 1 N–H and O–H groups in total. The Bertz CT molecular complexity index is 1350. The summed E-state index contributed by atoms with van der Waals surface area (Å²) in [6.45, 7) is 13.3. The number of likely N-dealkylation sites (tertiary alicyclic amines) is 1. The van der Waals surface area contributed by atoms with Gasteiger partial charge < -0.3 is 24.4 Å². The van der Waals surface area contributed by atoms with Crippen LogP contribution < -0.4 is 10.1 Å². The van der Waals surface area contributed by atoms with Crippen LogP contribution in [0.5, 0.6) is 5.75 Å². The van der Waals surface area contributed by atoms with Gasteiger partial charge in [-0.1, -0.05) is 30.5 Å². The largest absolute Gasteiger partial charge is 0.483 e. The first-order valence-corrected chi connectivity index (χ1v) is 14.9.